The lowest BCUT2D eigenvalue weighted by atomic mass is 9.73. The van der Waals surface area contributed by atoms with Crippen LogP contribution in [-0.4, -0.2) is 6.54 Å². The summed E-state index contributed by atoms with van der Waals surface area (Å²) in [5.41, 5.74) is 1.78. The summed E-state index contributed by atoms with van der Waals surface area (Å²) >= 11 is 0. The van der Waals surface area contributed by atoms with Crippen LogP contribution in [0.3, 0.4) is 0 Å². The van der Waals surface area contributed by atoms with Crippen LogP contribution in [0, 0.1) is 16.2 Å². The van der Waals surface area contributed by atoms with E-state index in [0.717, 1.165) is 12.3 Å². The van der Waals surface area contributed by atoms with Gasteiger partial charge in [0.25, 0.3) is 0 Å². The summed E-state index contributed by atoms with van der Waals surface area (Å²) < 4.78 is 0. The summed E-state index contributed by atoms with van der Waals surface area (Å²) in [7, 11) is 0. The lowest BCUT2D eigenvalue weighted by Gasteiger charge is -2.32. The Morgan fingerprint density at radius 2 is 2.42 bits per heavy atom. The first kappa shape index (κ1) is 7.96. The lowest BCUT2D eigenvalue weighted by Crippen LogP contribution is -2.24. The van der Waals surface area contributed by atoms with Crippen LogP contribution >= 0.6 is 0 Å². The Morgan fingerprint density at radius 1 is 1.67 bits per heavy atom. The molecule has 0 amide bonds. The van der Waals surface area contributed by atoms with Crippen molar-refractivity contribution in [2.75, 3.05) is 6.54 Å². The number of nitroso groups, excluding NO2 is 1. The van der Waals surface area contributed by atoms with E-state index in [0.29, 0.717) is 6.54 Å². The summed E-state index contributed by atoms with van der Waals surface area (Å²) in [4.78, 5) is 10.2. The van der Waals surface area contributed by atoms with E-state index in [1.54, 1.807) is 5.57 Å². The molecule has 1 saturated carbocycles. The monoisotopic (exact) mass is 165 g/mol. The fourth-order valence-corrected chi connectivity index (χ4v) is 2.45. The van der Waals surface area contributed by atoms with Gasteiger partial charge >= 0.3 is 0 Å². The Bertz CT molecular complexity index is 226. The Hall–Kier alpha value is -0.660. The van der Waals surface area contributed by atoms with Crippen molar-refractivity contribution in [1.82, 2.24) is 0 Å². The Labute approximate surface area is 73.0 Å². The summed E-state index contributed by atoms with van der Waals surface area (Å²) in [5.74, 6) is 0.852. The van der Waals surface area contributed by atoms with Gasteiger partial charge in [-0.1, -0.05) is 23.7 Å². The summed E-state index contributed by atoms with van der Waals surface area (Å²) in [6, 6.07) is 0. The summed E-state index contributed by atoms with van der Waals surface area (Å²) in [6.07, 6.45) is 7.15. The third-order valence-corrected chi connectivity index (χ3v) is 3.21. The Kier molecular flexibility index (Phi) is 1.78. The molecule has 0 aliphatic heterocycles. The molecular formula is C10H15NO. The molecule has 66 valence electrons. The highest BCUT2D eigenvalue weighted by Gasteiger charge is 2.36. The normalized spacial score (nSPS) is 39.4. The smallest absolute Gasteiger partial charge is 0.0867 e. The topological polar surface area (TPSA) is 29.4 Å². The van der Waals surface area contributed by atoms with E-state index in [2.05, 4.69) is 18.2 Å². The second-order valence-electron chi connectivity index (χ2n) is 4.64. The standard InChI is InChI=1S/C10H15NO/c1-10(7-11-12)3-2-8-4-9(5-8)6-10/h2,9H,3-7H2,1H3. The molecule has 0 saturated heterocycles. The molecule has 0 spiro atoms. The van der Waals surface area contributed by atoms with E-state index in [4.69, 9.17) is 0 Å². The second kappa shape index (κ2) is 2.68. The van der Waals surface area contributed by atoms with Gasteiger partial charge < -0.3 is 0 Å². The molecule has 12 heavy (non-hydrogen) atoms. The molecule has 3 aliphatic carbocycles. The maximum absolute atomic E-state index is 10.2. The predicted molar refractivity (Wildman–Crippen MR) is 48.8 cm³/mol. The second-order valence-corrected chi connectivity index (χ2v) is 4.64. The van der Waals surface area contributed by atoms with Gasteiger partial charge in [0.05, 0.1) is 6.54 Å². The molecule has 3 aliphatic rings. The molecule has 0 N–H and O–H groups in total. The molecule has 2 heteroatoms. The molecule has 0 aromatic rings. The molecule has 3 rings (SSSR count). The molecule has 1 fully saturated rings. The molecule has 2 bridgehead atoms. The van der Waals surface area contributed by atoms with Crippen LogP contribution in [0.4, 0.5) is 0 Å². The van der Waals surface area contributed by atoms with Gasteiger partial charge in [0.1, 0.15) is 0 Å². The van der Waals surface area contributed by atoms with Crippen molar-refractivity contribution in [3.05, 3.63) is 16.6 Å². The molecule has 1 atom stereocenters. The summed E-state index contributed by atoms with van der Waals surface area (Å²) in [5, 5.41) is 3.05. The van der Waals surface area contributed by atoms with Crippen LogP contribution < -0.4 is 0 Å². The van der Waals surface area contributed by atoms with Gasteiger partial charge in [-0.2, -0.15) is 4.91 Å². The van der Waals surface area contributed by atoms with Gasteiger partial charge in [-0.05, 0) is 37.0 Å². The molecule has 0 radical (unpaired) electrons. The minimum atomic E-state index is 0.171. The van der Waals surface area contributed by atoms with E-state index in [-0.39, 0.29) is 5.41 Å². The average Bonchev–Trinajstić information content (AvgIpc) is 2.16. The summed E-state index contributed by atoms with van der Waals surface area (Å²) in [6.45, 7) is 2.68. The van der Waals surface area contributed by atoms with Crippen molar-refractivity contribution >= 4 is 0 Å². The number of hydrogen-bond donors (Lipinski definition) is 0. The quantitative estimate of drug-likeness (QED) is 0.457. The van der Waals surface area contributed by atoms with E-state index >= 15 is 0 Å². The maximum atomic E-state index is 10.2. The van der Waals surface area contributed by atoms with Crippen LogP contribution in [0.2, 0.25) is 0 Å². The van der Waals surface area contributed by atoms with Crippen molar-refractivity contribution in [2.45, 2.75) is 32.6 Å². The van der Waals surface area contributed by atoms with E-state index in [1.807, 2.05) is 0 Å². The number of nitrogens with zero attached hydrogens (tertiary/aromatic N) is 1. The van der Waals surface area contributed by atoms with Crippen LogP contribution in [0.25, 0.3) is 0 Å². The van der Waals surface area contributed by atoms with E-state index in [9.17, 15) is 4.91 Å². The highest BCUT2D eigenvalue weighted by atomic mass is 16.3. The number of rotatable bonds is 2. The number of allylic oxidation sites excluding steroid dienone is 2. The largest absolute Gasteiger partial charge is 0.151 e. The van der Waals surface area contributed by atoms with E-state index < -0.39 is 0 Å². The van der Waals surface area contributed by atoms with Crippen LogP contribution in [0.5, 0.6) is 0 Å². The van der Waals surface area contributed by atoms with Gasteiger partial charge in [-0.25, -0.2) is 0 Å². The maximum Gasteiger partial charge on any atom is 0.0867 e. The first-order chi connectivity index (χ1) is 5.72. The molecule has 0 heterocycles. The molecule has 0 aromatic heterocycles. The lowest BCUT2D eigenvalue weighted by molar-refractivity contribution is 0.239. The minimum absolute atomic E-state index is 0.171. The zero-order valence-corrected chi connectivity index (χ0v) is 7.55. The molecule has 2 nitrogen and oxygen atoms in total. The van der Waals surface area contributed by atoms with Gasteiger partial charge in [-0.3, -0.25) is 0 Å². The predicted octanol–water partition coefficient (Wildman–Crippen LogP) is 2.89. The first-order valence-corrected chi connectivity index (χ1v) is 4.69. The molecule has 0 aromatic carbocycles. The SMILES string of the molecule is CC1(CN=O)CC=C2CC(C2)C1. The zero-order valence-electron chi connectivity index (χ0n) is 7.55. The van der Waals surface area contributed by atoms with Crippen LogP contribution in [0.15, 0.2) is 16.8 Å². The number of fused-ring (bicyclic) bond motifs is 3. The fourth-order valence-electron chi connectivity index (χ4n) is 2.45. The first-order valence-electron chi connectivity index (χ1n) is 4.69. The minimum Gasteiger partial charge on any atom is -0.151 e. The van der Waals surface area contributed by atoms with Crippen molar-refractivity contribution in [3.63, 3.8) is 0 Å². The highest BCUT2D eigenvalue weighted by molar-refractivity contribution is 5.17. The highest BCUT2D eigenvalue weighted by Crippen LogP contribution is 2.47. The third kappa shape index (κ3) is 1.30. The zero-order chi connectivity index (χ0) is 8.60. The molecule has 1 unspecified atom stereocenters. The van der Waals surface area contributed by atoms with Gasteiger partial charge in [-0.15, -0.1) is 0 Å². The number of hydrogen-bond acceptors (Lipinski definition) is 2. The average molecular weight is 165 g/mol. The van der Waals surface area contributed by atoms with Crippen molar-refractivity contribution in [3.8, 4) is 0 Å². The Morgan fingerprint density at radius 3 is 3.08 bits per heavy atom. The third-order valence-electron chi connectivity index (χ3n) is 3.21. The van der Waals surface area contributed by atoms with Crippen molar-refractivity contribution in [1.29, 1.82) is 0 Å². The Balaban J connectivity index is 2.08. The van der Waals surface area contributed by atoms with Crippen molar-refractivity contribution < 1.29 is 0 Å². The van der Waals surface area contributed by atoms with Gasteiger partial charge in [0, 0.05) is 0 Å². The molecular weight excluding hydrogens is 150 g/mol. The van der Waals surface area contributed by atoms with Crippen molar-refractivity contribution in [2.24, 2.45) is 16.5 Å². The van der Waals surface area contributed by atoms with E-state index in [1.165, 1.54) is 19.3 Å². The van der Waals surface area contributed by atoms with Gasteiger partial charge in [0.2, 0.25) is 0 Å². The van der Waals surface area contributed by atoms with Crippen LogP contribution in [0.1, 0.15) is 32.6 Å². The fraction of sp³-hybridized carbons (Fsp3) is 0.800. The van der Waals surface area contributed by atoms with Gasteiger partial charge in [0.15, 0.2) is 0 Å². The van der Waals surface area contributed by atoms with Crippen LogP contribution in [-0.2, 0) is 0 Å².